The van der Waals surface area contributed by atoms with Crippen molar-refractivity contribution in [1.82, 2.24) is 0 Å². The van der Waals surface area contributed by atoms with Gasteiger partial charge >= 0.3 is 0 Å². The Hall–Kier alpha value is 0.220. The van der Waals surface area contributed by atoms with Gasteiger partial charge in [0.25, 0.3) is 0 Å². The van der Waals surface area contributed by atoms with E-state index < -0.39 is 6.67 Å². The van der Waals surface area contributed by atoms with Crippen LogP contribution in [0.2, 0.25) is 0 Å². The van der Waals surface area contributed by atoms with Crippen LogP contribution in [0.25, 0.3) is 0 Å². The first-order valence-electron chi connectivity index (χ1n) is 5.46. The summed E-state index contributed by atoms with van der Waals surface area (Å²) in [5, 5.41) is 0. The summed E-state index contributed by atoms with van der Waals surface area (Å²) in [6.45, 7) is 1.50. The third-order valence-electron chi connectivity index (χ3n) is 2.38. The Morgan fingerprint density at radius 1 is 0.850 bits per heavy atom. The lowest BCUT2D eigenvalue weighted by Crippen LogP contribution is -1.80. The highest BCUT2D eigenvalue weighted by atomic mass is 79.9. The first-order valence-corrected chi connectivity index (χ1v) is 8.63. The molecule has 0 aliphatic carbocycles. The van der Waals surface area contributed by atoms with Gasteiger partial charge in [0.05, 0.1) is 0 Å². The van der Waals surface area contributed by atoms with Gasteiger partial charge in [-0.3, -0.25) is 0 Å². The molecule has 0 saturated carbocycles. The average Bonchev–Trinajstić information content (AvgIpc) is 2.40. The van der Waals surface area contributed by atoms with Crippen LogP contribution in [0, 0.1) is 12.7 Å². The van der Waals surface area contributed by atoms with E-state index in [4.69, 9.17) is 0 Å². The van der Waals surface area contributed by atoms with E-state index in [0.717, 1.165) is 23.5 Å². The maximum Gasteiger partial charge on any atom is 0.125 e. The van der Waals surface area contributed by atoms with Crippen LogP contribution < -0.4 is 0 Å². The Morgan fingerprint density at radius 3 is 1.85 bits per heavy atom. The van der Waals surface area contributed by atoms with Gasteiger partial charge in [-0.05, 0) is 74.2 Å². The second kappa shape index (κ2) is 8.61. The van der Waals surface area contributed by atoms with E-state index in [1.807, 2.05) is 13.0 Å². The van der Waals surface area contributed by atoms with E-state index in [0.29, 0.717) is 5.56 Å². The average molecular weight is 536 g/mol. The summed E-state index contributed by atoms with van der Waals surface area (Å²) in [4.78, 5) is 0. The third-order valence-corrected chi connectivity index (χ3v) is 5.91. The van der Waals surface area contributed by atoms with Gasteiger partial charge in [0.2, 0.25) is 0 Å². The molecular weight excluding hydrogens is 526 g/mol. The van der Waals surface area contributed by atoms with Gasteiger partial charge < -0.3 is 0 Å². The van der Waals surface area contributed by atoms with Crippen molar-refractivity contribution in [2.75, 3.05) is 0 Å². The molecule has 0 nitrogen and oxygen atoms in total. The fourth-order valence-electron chi connectivity index (χ4n) is 1.24. The molecule has 6 heteroatoms. The van der Waals surface area contributed by atoms with E-state index >= 15 is 0 Å². The fraction of sp³-hybridized carbons (Fsp3) is 0.143. The highest BCUT2D eigenvalue weighted by Crippen LogP contribution is 2.25. The van der Waals surface area contributed by atoms with E-state index in [1.165, 1.54) is 12.1 Å². The molecule has 0 amide bonds. The highest BCUT2D eigenvalue weighted by molar-refractivity contribution is 9.13. The molecule has 0 aliphatic rings. The zero-order valence-electron chi connectivity index (χ0n) is 10.4. The zero-order chi connectivity index (χ0) is 15.3. The minimum absolute atomic E-state index is 0.232. The van der Waals surface area contributed by atoms with E-state index in [1.54, 1.807) is 12.1 Å². The smallest absolute Gasteiger partial charge is 0.125 e. The van der Waals surface area contributed by atoms with E-state index in [-0.39, 0.29) is 5.82 Å². The van der Waals surface area contributed by atoms with Crippen molar-refractivity contribution in [2.24, 2.45) is 0 Å². The summed E-state index contributed by atoms with van der Waals surface area (Å²) >= 11 is 13.0. The molecule has 108 valence electrons. The summed E-state index contributed by atoms with van der Waals surface area (Å²) in [7, 11) is 0. The van der Waals surface area contributed by atoms with Gasteiger partial charge in [-0.25, -0.2) is 8.78 Å². The maximum atomic E-state index is 12.5. The largest absolute Gasteiger partial charge is 0.246 e. The topological polar surface area (TPSA) is 0 Å². The Morgan fingerprint density at radius 2 is 1.40 bits per heavy atom. The van der Waals surface area contributed by atoms with Crippen LogP contribution in [0.1, 0.15) is 11.1 Å². The summed E-state index contributed by atoms with van der Waals surface area (Å²) in [6.07, 6.45) is 0. The minimum atomic E-state index is -0.411. The molecule has 0 heterocycles. The lowest BCUT2D eigenvalue weighted by atomic mass is 10.2. The number of hydrogen-bond acceptors (Lipinski definition) is 0. The first kappa shape index (κ1) is 18.3. The van der Waals surface area contributed by atoms with Crippen molar-refractivity contribution in [2.45, 2.75) is 13.6 Å². The molecule has 0 saturated heterocycles. The lowest BCUT2D eigenvalue weighted by molar-refractivity contribution is 0.485. The van der Waals surface area contributed by atoms with Crippen LogP contribution in [0.3, 0.4) is 0 Å². The summed E-state index contributed by atoms with van der Waals surface area (Å²) in [5.74, 6) is -0.232. The molecule has 0 unspecified atom stereocenters. The number of benzene rings is 2. The van der Waals surface area contributed by atoms with Gasteiger partial charge in [0, 0.05) is 17.9 Å². The van der Waals surface area contributed by atoms with Crippen LogP contribution in [0.15, 0.2) is 48.2 Å². The molecule has 0 bridgehead atoms. The third kappa shape index (κ3) is 5.54. The predicted octanol–water partition coefficient (Wildman–Crippen LogP) is 7.34. The SMILES string of the molecule is Cc1c(Br)cc(F)cc1Br.FCc1ccc(Br)c(Br)c1. The quantitative estimate of drug-likeness (QED) is 0.358. The molecule has 0 N–H and O–H groups in total. The number of halogens is 6. The minimum Gasteiger partial charge on any atom is -0.246 e. The second-order valence-electron chi connectivity index (χ2n) is 3.88. The van der Waals surface area contributed by atoms with Gasteiger partial charge in [0.15, 0.2) is 0 Å². The normalized spacial score (nSPS) is 9.95. The molecule has 2 aromatic rings. The lowest BCUT2D eigenvalue weighted by Gasteiger charge is -1.99. The van der Waals surface area contributed by atoms with Gasteiger partial charge in [-0.2, -0.15) is 0 Å². The summed E-state index contributed by atoms with van der Waals surface area (Å²) in [6, 6.07) is 8.21. The van der Waals surface area contributed by atoms with E-state index in [9.17, 15) is 8.78 Å². The van der Waals surface area contributed by atoms with Crippen LogP contribution in [0.4, 0.5) is 8.78 Å². The first-order chi connectivity index (χ1) is 9.35. The molecule has 0 atom stereocenters. The monoisotopic (exact) mass is 532 g/mol. The van der Waals surface area contributed by atoms with Crippen molar-refractivity contribution in [1.29, 1.82) is 0 Å². The Kier molecular flexibility index (Phi) is 7.87. The molecule has 20 heavy (non-hydrogen) atoms. The molecule has 2 aromatic carbocycles. The van der Waals surface area contributed by atoms with Crippen molar-refractivity contribution in [3.05, 3.63) is 65.2 Å². The molecule has 0 spiro atoms. The second-order valence-corrected chi connectivity index (χ2v) is 7.29. The van der Waals surface area contributed by atoms with E-state index in [2.05, 4.69) is 63.7 Å². The number of alkyl halides is 1. The van der Waals surface area contributed by atoms with Crippen molar-refractivity contribution >= 4 is 63.7 Å². The van der Waals surface area contributed by atoms with Gasteiger partial charge in [-0.1, -0.05) is 37.9 Å². The molecule has 0 radical (unpaired) electrons. The molecule has 0 fully saturated rings. The van der Waals surface area contributed by atoms with Gasteiger partial charge in [-0.15, -0.1) is 0 Å². The van der Waals surface area contributed by atoms with Crippen molar-refractivity contribution in [3.8, 4) is 0 Å². The summed E-state index contributed by atoms with van der Waals surface area (Å²) in [5.41, 5.74) is 1.71. The van der Waals surface area contributed by atoms with Crippen molar-refractivity contribution in [3.63, 3.8) is 0 Å². The van der Waals surface area contributed by atoms with Crippen molar-refractivity contribution < 1.29 is 8.78 Å². The highest BCUT2D eigenvalue weighted by Gasteiger charge is 2.01. The van der Waals surface area contributed by atoms with Crippen LogP contribution in [-0.4, -0.2) is 0 Å². The van der Waals surface area contributed by atoms with Gasteiger partial charge in [0.1, 0.15) is 12.5 Å². The molecule has 0 aliphatic heterocycles. The Balaban J connectivity index is 0.000000200. The molecule has 2 rings (SSSR count). The maximum absolute atomic E-state index is 12.5. The van der Waals surface area contributed by atoms with Crippen LogP contribution in [0.5, 0.6) is 0 Å². The number of hydrogen-bond donors (Lipinski definition) is 0. The Bertz CT molecular complexity index is 577. The zero-order valence-corrected chi connectivity index (χ0v) is 16.7. The molecule has 0 aromatic heterocycles. The van der Waals surface area contributed by atoms with Crippen LogP contribution in [-0.2, 0) is 6.67 Å². The predicted molar refractivity (Wildman–Crippen MR) is 93.2 cm³/mol. The fourth-order valence-corrected chi connectivity index (χ4v) is 3.04. The standard InChI is InChI=1S/2C7H5Br2F/c1-4-6(8)2-5(10)3-7(4)9;8-6-2-1-5(4-10)3-7(6)9/h2-3H,1H3;1-3H,4H2. The number of rotatable bonds is 1. The van der Waals surface area contributed by atoms with Crippen LogP contribution >= 0.6 is 63.7 Å². The Labute approximate surface area is 150 Å². The summed E-state index contributed by atoms with van der Waals surface area (Å²) < 4.78 is 28.0. The molecular formula is C14H10Br4F2.